The minimum absolute atomic E-state index is 0.132. The fourth-order valence-corrected chi connectivity index (χ4v) is 1.25. The van der Waals surface area contributed by atoms with E-state index in [0.29, 0.717) is 0 Å². The Kier molecular flexibility index (Phi) is 3.24. The molecule has 1 aromatic carbocycles. The Morgan fingerprint density at radius 3 is 2.26 bits per heavy atom. The van der Waals surface area contributed by atoms with Crippen molar-refractivity contribution in [2.45, 2.75) is 6.18 Å². The summed E-state index contributed by atoms with van der Waals surface area (Å²) in [6.07, 6.45) is -4.73. The monoisotopic (exact) mass is 273 g/mol. The molecule has 0 bridgehead atoms. The van der Waals surface area contributed by atoms with Crippen LogP contribution in [0.1, 0.15) is 5.82 Å². The first-order chi connectivity index (χ1) is 8.84. The van der Waals surface area contributed by atoms with Crippen molar-refractivity contribution in [3.63, 3.8) is 0 Å². The maximum Gasteiger partial charge on any atom is 0.451 e. The lowest BCUT2D eigenvalue weighted by Gasteiger charge is -2.09. The number of hydrogen-bond acceptors (Lipinski definition) is 4. The number of nitrogens with zero attached hydrogens (tertiary/aromatic N) is 2. The average Bonchev–Trinajstić information content (AvgIpc) is 2.30. The number of alkyl halides is 3. The Hall–Kier alpha value is -2.38. The Morgan fingerprint density at radius 2 is 1.68 bits per heavy atom. The predicted molar refractivity (Wildman–Crippen MR) is 57.9 cm³/mol. The molecule has 2 aromatic rings. The third-order valence-electron chi connectivity index (χ3n) is 2.01. The summed E-state index contributed by atoms with van der Waals surface area (Å²) in [4.78, 5) is 6.25. The molecule has 2 N–H and O–H groups in total. The van der Waals surface area contributed by atoms with Crippen molar-refractivity contribution in [1.82, 2.24) is 9.97 Å². The number of aromatic nitrogens is 2. The minimum atomic E-state index is -4.73. The first-order valence-electron chi connectivity index (χ1n) is 5.00. The van der Waals surface area contributed by atoms with Crippen molar-refractivity contribution in [2.24, 2.45) is 0 Å². The van der Waals surface area contributed by atoms with Crippen molar-refractivity contribution in [1.29, 1.82) is 0 Å². The maximum absolute atomic E-state index is 12.7. The van der Waals surface area contributed by atoms with Gasteiger partial charge in [0.2, 0.25) is 11.7 Å². The number of benzene rings is 1. The highest BCUT2D eigenvalue weighted by Crippen LogP contribution is 2.29. The number of hydrogen-bond donors (Lipinski definition) is 1. The lowest BCUT2D eigenvalue weighted by atomic mass is 10.3. The van der Waals surface area contributed by atoms with Crippen molar-refractivity contribution in [3.05, 3.63) is 42.0 Å². The third-order valence-corrected chi connectivity index (χ3v) is 2.01. The van der Waals surface area contributed by atoms with Gasteiger partial charge < -0.3 is 10.5 Å². The van der Waals surface area contributed by atoms with E-state index in [1.54, 1.807) is 0 Å². The molecule has 0 atom stereocenters. The lowest BCUT2D eigenvalue weighted by Crippen LogP contribution is -2.12. The molecule has 0 spiro atoms. The molecule has 1 aromatic heterocycles. The van der Waals surface area contributed by atoms with Crippen LogP contribution in [-0.4, -0.2) is 9.97 Å². The summed E-state index contributed by atoms with van der Waals surface area (Å²) in [5, 5.41) is 0. The van der Waals surface area contributed by atoms with Crippen LogP contribution in [0.4, 0.5) is 23.4 Å². The third kappa shape index (κ3) is 3.30. The average molecular weight is 273 g/mol. The summed E-state index contributed by atoms with van der Waals surface area (Å²) in [5.74, 6) is -2.51. The summed E-state index contributed by atoms with van der Waals surface area (Å²) in [7, 11) is 0. The van der Waals surface area contributed by atoms with Crippen LogP contribution in [0.5, 0.6) is 11.6 Å². The standard InChI is InChI=1S/C11H7F4N3O/c12-6-1-3-7(4-2-6)19-9-5-8(16)17-10(18-9)11(13,14)15/h1-5H,(H2,16,17,18). The summed E-state index contributed by atoms with van der Waals surface area (Å²) in [5.41, 5.74) is 5.24. The molecule has 4 nitrogen and oxygen atoms in total. The van der Waals surface area contributed by atoms with Crippen LogP contribution < -0.4 is 10.5 Å². The molecule has 0 aliphatic heterocycles. The summed E-state index contributed by atoms with van der Waals surface area (Å²) < 4.78 is 55.1. The molecule has 0 fully saturated rings. The summed E-state index contributed by atoms with van der Waals surface area (Å²) in [6, 6.07) is 5.75. The number of ether oxygens (including phenoxy) is 1. The minimum Gasteiger partial charge on any atom is -0.439 e. The van der Waals surface area contributed by atoms with Crippen LogP contribution >= 0.6 is 0 Å². The van der Waals surface area contributed by atoms with E-state index in [9.17, 15) is 17.6 Å². The number of rotatable bonds is 2. The van der Waals surface area contributed by atoms with Gasteiger partial charge in [0.1, 0.15) is 17.4 Å². The van der Waals surface area contributed by atoms with Gasteiger partial charge in [-0.3, -0.25) is 0 Å². The van der Waals surface area contributed by atoms with Gasteiger partial charge in [-0.2, -0.15) is 18.2 Å². The van der Waals surface area contributed by atoms with E-state index in [0.717, 1.165) is 18.2 Å². The summed E-state index contributed by atoms with van der Waals surface area (Å²) in [6.45, 7) is 0. The molecule has 1 heterocycles. The molecular weight excluding hydrogens is 266 g/mol. The van der Waals surface area contributed by atoms with Gasteiger partial charge in [0.15, 0.2) is 0 Å². The highest BCUT2D eigenvalue weighted by Gasteiger charge is 2.35. The molecule has 19 heavy (non-hydrogen) atoms. The van der Waals surface area contributed by atoms with Crippen LogP contribution in [0, 0.1) is 5.82 Å². The van der Waals surface area contributed by atoms with Crippen LogP contribution in [0.2, 0.25) is 0 Å². The Morgan fingerprint density at radius 1 is 1.05 bits per heavy atom. The Bertz CT molecular complexity index is 583. The van der Waals surface area contributed by atoms with Gasteiger partial charge in [-0.05, 0) is 24.3 Å². The fraction of sp³-hybridized carbons (Fsp3) is 0.0909. The lowest BCUT2D eigenvalue weighted by molar-refractivity contribution is -0.145. The predicted octanol–water partition coefficient (Wildman–Crippen LogP) is 3.01. The maximum atomic E-state index is 12.7. The fourth-order valence-electron chi connectivity index (χ4n) is 1.25. The van der Waals surface area contributed by atoms with Crippen molar-refractivity contribution < 1.29 is 22.3 Å². The van der Waals surface area contributed by atoms with Crippen molar-refractivity contribution in [3.8, 4) is 11.6 Å². The van der Waals surface area contributed by atoms with Crippen LogP contribution in [0.3, 0.4) is 0 Å². The van der Waals surface area contributed by atoms with Gasteiger partial charge in [-0.15, -0.1) is 0 Å². The Balaban J connectivity index is 2.30. The molecular formula is C11H7F4N3O. The van der Waals surface area contributed by atoms with E-state index in [-0.39, 0.29) is 17.4 Å². The van der Waals surface area contributed by atoms with Crippen LogP contribution in [0.15, 0.2) is 30.3 Å². The summed E-state index contributed by atoms with van der Waals surface area (Å²) >= 11 is 0. The largest absolute Gasteiger partial charge is 0.451 e. The van der Waals surface area contributed by atoms with Crippen molar-refractivity contribution >= 4 is 5.82 Å². The van der Waals surface area contributed by atoms with E-state index in [1.165, 1.54) is 12.1 Å². The van der Waals surface area contributed by atoms with E-state index in [1.807, 2.05) is 0 Å². The normalized spacial score (nSPS) is 11.4. The van der Waals surface area contributed by atoms with E-state index in [4.69, 9.17) is 10.5 Å². The quantitative estimate of drug-likeness (QED) is 0.854. The highest BCUT2D eigenvalue weighted by molar-refractivity contribution is 5.36. The molecule has 0 aliphatic carbocycles. The Labute approximate surface area is 104 Å². The molecule has 0 unspecified atom stereocenters. The second-order valence-electron chi connectivity index (χ2n) is 3.51. The first-order valence-corrected chi connectivity index (χ1v) is 5.00. The number of nitrogen functional groups attached to an aromatic ring is 1. The zero-order valence-electron chi connectivity index (χ0n) is 9.28. The number of nitrogens with two attached hydrogens (primary N) is 1. The number of halogens is 4. The van der Waals surface area contributed by atoms with E-state index in [2.05, 4.69) is 9.97 Å². The van der Waals surface area contributed by atoms with E-state index >= 15 is 0 Å². The molecule has 100 valence electrons. The molecule has 0 amide bonds. The zero-order chi connectivity index (χ0) is 14.0. The van der Waals surface area contributed by atoms with Crippen molar-refractivity contribution in [2.75, 3.05) is 5.73 Å². The first kappa shape index (κ1) is 13.1. The molecule has 0 saturated carbocycles. The van der Waals surface area contributed by atoms with Gasteiger partial charge in [-0.25, -0.2) is 9.37 Å². The van der Waals surface area contributed by atoms with Gasteiger partial charge >= 0.3 is 6.18 Å². The molecule has 2 rings (SSSR count). The molecule has 8 heteroatoms. The van der Waals surface area contributed by atoms with Gasteiger partial charge in [0.25, 0.3) is 0 Å². The van der Waals surface area contributed by atoms with Gasteiger partial charge in [0, 0.05) is 6.07 Å². The van der Waals surface area contributed by atoms with E-state index < -0.39 is 17.8 Å². The number of anilines is 1. The molecule has 0 aliphatic rings. The van der Waals surface area contributed by atoms with Crippen LogP contribution in [0.25, 0.3) is 0 Å². The zero-order valence-corrected chi connectivity index (χ0v) is 9.28. The van der Waals surface area contributed by atoms with Gasteiger partial charge in [-0.1, -0.05) is 0 Å². The molecule has 0 radical (unpaired) electrons. The van der Waals surface area contributed by atoms with Gasteiger partial charge in [0.05, 0.1) is 0 Å². The van der Waals surface area contributed by atoms with Crippen LogP contribution in [-0.2, 0) is 6.18 Å². The molecule has 0 saturated heterocycles. The second kappa shape index (κ2) is 4.71. The highest BCUT2D eigenvalue weighted by atomic mass is 19.4. The SMILES string of the molecule is Nc1cc(Oc2ccc(F)cc2)nc(C(F)(F)F)n1. The second-order valence-corrected chi connectivity index (χ2v) is 3.51. The topological polar surface area (TPSA) is 61.0 Å². The smallest absolute Gasteiger partial charge is 0.439 e.